The van der Waals surface area contributed by atoms with E-state index in [1.165, 1.54) is 13.0 Å². The Bertz CT molecular complexity index is 260. The fourth-order valence-electron chi connectivity index (χ4n) is 2.57. The predicted molar refractivity (Wildman–Crippen MR) is 75.8 cm³/mol. The van der Waals surface area contributed by atoms with Crippen LogP contribution >= 0.6 is 0 Å². The summed E-state index contributed by atoms with van der Waals surface area (Å²) in [6.45, 7) is 8.00. The Morgan fingerprint density at radius 3 is 2.71 bits per heavy atom. The lowest BCUT2D eigenvalue weighted by Gasteiger charge is -2.41. The van der Waals surface area contributed by atoms with E-state index < -0.39 is 10.8 Å². The van der Waals surface area contributed by atoms with Gasteiger partial charge in [-0.3, -0.25) is 4.21 Å². The van der Waals surface area contributed by atoms with Crippen molar-refractivity contribution >= 4 is 10.8 Å². The van der Waals surface area contributed by atoms with Crippen LogP contribution in [0.5, 0.6) is 0 Å². The van der Waals surface area contributed by atoms with Crippen LogP contribution in [0.25, 0.3) is 0 Å². The van der Waals surface area contributed by atoms with Crippen molar-refractivity contribution in [1.82, 2.24) is 10.2 Å². The van der Waals surface area contributed by atoms with Gasteiger partial charge in [0.05, 0.1) is 0 Å². The molecule has 0 aromatic rings. The van der Waals surface area contributed by atoms with Gasteiger partial charge in [0.1, 0.15) is 0 Å². The maximum Gasteiger partial charge on any atom is 0.0246 e. The third-order valence-corrected chi connectivity index (χ3v) is 4.76. The molecular formula is C13H28N2OS. The Labute approximate surface area is 109 Å². The summed E-state index contributed by atoms with van der Waals surface area (Å²) in [6, 6.07) is 1.75. The molecule has 5 atom stereocenters. The summed E-state index contributed by atoms with van der Waals surface area (Å²) >= 11 is 0. The fraction of sp³-hybridized carbons (Fsp3) is 1.00. The molecule has 1 aliphatic heterocycles. The van der Waals surface area contributed by atoms with E-state index >= 15 is 0 Å². The monoisotopic (exact) mass is 260 g/mol. The minimum Gasteiger partial charge on any atom is -0.311 e. The highest BCUT2D eigenvalue weighted by Crippen LogP contribution is 2.21. The molecule has 1 N–H and O–H groups in total. The molecule has 1 aliphatic rings. The Balaban J connectivity index is 2.37. The lowest BCUT2D eigenvalue weighted by Crippen LogP contribution is -2.52. The van der Waals surface area contributed by atoms with Crippen LogP contribution in [0, 0.1) is 5.92 Å². The zero-order chi connectivity index (χ0) is 13.0. The molecule has 5 unspecified atom stereocenters. The van der Waals surface area contributed by atoms with Gasteiger partial charge in [-0.15, -0.1) is 0 Å². The SMILES string of the molecule is CC(CCS(C)=O)NC1CC(C)N(C)CC1C. The van der Waals surface area contributed by atoms with Gasteiger partial charge in [-0.05, 0) is 39.7 Å². The molecule has 0 aromatic carbocycles. The first-order chi connectivity index (χ1) is 7.90. The number of rotatable bonds is 5. The lowest BCUT2D eigenvalue weighted by atomic mass is 9.89. The van der Waals surface area contributed by atoms with E-state index in [0.29, 0.717) is 24.0 Å². The van der Waals surface area contributed by atoms with Crippen LogP contribution in [0.2, 0.25) is 0 Å². The van der Waals surface area contributed by atoms with E-state index in [9.17, 15) is 4.21 Å². The Hall–Kier alpha value is 0.0700. The number of hydrogen-bond donors (Lipinski definition) is 1. The minimum absolute atomic E-state index is 0.474. The van der Waals surface area contributed by atoms with Crippen molar-refractivity contribution in [2.24, 2.45) is 5.92 Å². The largest absolute Gasteiger partial charge is 0.311 e. The molecule has 17 heavy (non-hydrogen) atoms. The van der Waals surface area contributed by atoms with Crippen molar-refractivity contribution in [3.63, 3.8) is 0 Å². The summed E-state index contributed by atoms with van der Waals surface area (Å²) in [7, 11) is 1.55. The molecule has 3 nitrogen and oxygen atoms in total. The molecule has 0 aliphatic carbocycles. The van der Waals surface area contributed by atoms with Gasteiger partial charge < -0.3 is 10.2 Å². The zero-order valence-electron chi connectivity index (χ0n) is 11.9. The first-order valence-electron chi connectivity index (χ1n) is 6.66. The number of piperidine rings is 1. The maximum absolute atomic E-state index is 11.1. The van der Waals surface area contributed by atoms with Crippen molar-refractivity contribution in [1.29, 1.82) is 0 Å². The summed E-state index contributed by atoms with van der Waals surface area (Å²) < 4.78 is 11.1. The second kappa shape index (κ2) is 6.86. The third kappa shape index (κ3) is 5.06. The average Bonchev–Trinajstić information content (AvgIpc) is 2.23. The minimum atomic E-state index is -0.662. The van der Waals surface area contributed by atoms with Gasteiger partial charge in [0.25, 0.3) is 0 Å². The lowest BCUT2D eigenvalue weighted by molar-refractivity contribution is 0.116. The summed E-state index contributed by atoms with van der Waals surface area (Å²) in [6.07, 6.45) is 4.01. The average molecular weight is 260 g/mol. The highest BCUT2D eigenvalue weighted by molar-refractivity contribution is 7.84. The summed E-state index contributed by atoms with van der Waals surface area (Å²) in [5, 5.41) is 3.71. The molecule has 1 fully saturated rings. The van der Waals surface area contributed by atoms with Crippen molar-refractivity contribution in [2.75, 3.05) is 25.6 Å². The predicted octanol–water partition coefficient (Wildman–Crippen LogP) is 1.46. The number of nitrogens with zero attached hydrogens (tertiary/aromatic N) is 1. The van der Waals surface area contributed by atoms with Crippen LogP contribution in [0.3, 0.4) is 0 Å². The van der Waals surface area contributed by atoms with Gasteiger partial charge in [-0.25, -0.2) is 0 Å². The smallest absolute Gasteiger partial charge is 0.0246 e. The van der Waals surface area contributed by atoms with E-state index in [4.69, 9.17) is 0 Å². The molecule has 0 saturated carbocycles. The molecule has 1 heterocycles. The molecule has 102 valence electrons. The molecule has 0 spiro atoms. The van der Waals surface area contributed by atoms with Crippen LogP contribution in [-0.4, -0.2) is 52.8 Å². The topological polar surface area (TPSA) is 32.3 Å². The molecule has 0 aromatic heterocycles. The molecule has 1 rings (SSSR count). The van der Waals surface area contributed by atoms with Crippen LogP contribution in [0.1, 0.15) is 33.6 Å². The second-order valence-electron chi connectivity index (χ2n) is 5.74. The first-order valence-corrected chi connectivity index (χ1v) is 8.39. The number of nitrogens with one attached hydrogen (secondary N) is 1. The molecule has 1 saturated heterocycles. The van der Waals surface area contributed by atoms with Crippen LogP contribution < -0.4 is 5.32 Å². The van der Waals surface area contributed by atoms with Crippen LogP contribution in [0.15, 0.2) is 0 Å². The molecule has 4 heteroatoms. The highest BCUT2D eigenvalue weighted by atomic mass is 32.2. The Kier molecular flexibility index (Phi) is 6.10. The van der Waals surface area contributed by atoms with Crippen molar-refractivity contribution in [3.8, 4) is 0 Å². The molecule has 0 radical (unpaired) electrons. The van der Waals surface area contributed by atoms with Gasteiger partial charge in [0, 0.05) is 47.5 Å². The molecule has 0 bridgehead atoms. The van der Waals surface area contributed by atoms with E-state index in [1.54, 1.807) is 6.26 Å². The van der Waals surface area contributed by atoms with Crippen molar-refractivity contribution in [2.45, 2.75) is 51.7 Å². The fourth-order valence-corrected chi connectivity index (χ4v) is 3.25. The number of likely N-dealkylation sites (tertiary alicyclic amines) is 1. The van der Waals surface area contributed by atoms with Gasteiger partial charge in [0.2, 0.25) is 0 Å². The van der Waals surface area contributed by atoms with Gasteiger partial charge >= 0.3 is 0 Å². The maximum atomic E-state index is 11.1. The van der Waals surface area contributed by atoms with E-state index in [1.807, 2.05) is 0 Å². The van der Waals surface area contributed by atoms with Crippen molar-refractivity contribution < 1.29 is 4.21 Å². The van der Waals surface area contributed by atoms with E-state index in [-0.39, 0.29) is 0 Å². The highest BCUT2D eigenvalue weighted by Gasteiger charge is 2.29. The number of hydrogen-bond acceptors (Lipinski definition) is 3. The summed E-state index contributed by atoms with van der Waals surface area (Å²) in [4.78, 5) is 2.44. The standard InChI is InChI=1S/C13H28N2OS/c1-10-9-15(4)12(3)8-13(10)14-11(2)6-7-17(5)16/h10-14H,6-9H2,1-5H3. The van der Waals surface area contributed by atoms with Gasteiger partial charge in [-0.1, -0.05) is 6.92 Å². The molecular weight excluding hydrogens is 232 g/mol. The summed E-state index contributed by atoms with van der Waals surface area (Å²) in [5.74, 6) is 1.51. The van der Waals surface area contributed by atoms with Crippen LogP contribution in [0.4, 0.5) is 0 Å². The van der Waals surface area contributed by atoms with E-state index in [0.717, 1.165) is 12.2 Å². The normalized spacial score (nSPS) is 34.5. The summed E-state index contributed by atoms with van der Waals surface area (Å²) in [5.41, 5.74) is 0. The van der Waals surface area contributed by atoms with Gasteiger partial charge in [0.15, 0.2) is 0 Å². The van der Waals surface area contributed by atoms with Gasteiger partial charge in [-0.2, -0.15) is 0 Å². The molecule has 0 amide bonds. The third-order valence-electron chi connectivity index (χ3n) is 3.95. The zero-order valence-corrected chi connectivity index (χ0v) is 12.7. The quantitative estimate of drug-likeness (QED) is 0.812. The first kappa shape index (κ1) is 15.1. The van der Waals surface area contributed by atoms with E-state index in [2.05, 4.69) is 38.0 Å². The van der Waals surface area contributed by atoms with Crippen molar-refractivity contribution in [3.05, 3.63) is 0 Å². The second-order valence-corrected chi connectivity index (χ2v) is 7.30. The Morgan fingerprint density at radius 2 is 2.12 bits per heavy atom. The van der Waals surface area contributed by atoms with Crippen LogP contribution in [-0.2, 0) is 10.8 Å². The Morgan fingerprint density at radius 1 is 1.47 bits per heavy atom.